The van der Waals surface area contributed by atoms with Gasteiger partial charge in [-0.1, -0.05) is 11.6 Å². The lowest BCUT2D eigenvalue weighted by Gasteiger charge is -2.21. The van der Waals surface area contributed by atoms with Crippen LogP contribution in [-0.4, -0.2) is 50.8 Å². The van der Waals surface area contributed by atoms with Crippen LogP contribution in [0, 0.1) is 0 Å². The van der Waals surface area contributed by atoms with Gasteiger partial charge < -0.3 is 26.0 Å². The minimum absolute atomic E-state index is 0. The Balaban J connectivity index is 0.00000625. The van der Waals surface area contributed by atoms with E-state index in [9.17, 15) is 9.59 Å². The van der Waals surface area contributed by atoms with Gasteiger partial charge in [-0.2, -0.15) is 0 Å². The number of rotatable bonds is 8. The van der Waals surface area contributed by atoms with Gasteiger partial charge in [0, 0.05) is 38.0 Å². The number of nitrogens with one attached hydrogen (secondary N) is 4. The number of hydrogen-bond acceptors (Lipinski definition) is 4. The topological polar surface area (TPSA) is 91.5 Å². The predicted octanol–water partition coefficient (Wildman–Crippen LogP) is 2.65. The molecule has 0 aliphatic heterocycles. The van der Waals surface area contributed by atoms with Crippen LogP contribution in [0.1, 0.15) is 31.1 Å². The summed E-state index contributed by atoms with van der Waals surface area (Å²) in [6, 6.07) is 4.44. The fraction of sp³-hybridized carbons (Fsp3) is 0.529. The summed E-state index contributed by atoms with van der Waals surface area (Å²) in [5.74, 6) is -0.293. The first-order chi connectivity index (χ1) is 11.7. The molecule has 0 bridgehead atoms. The Kier molecular flexibility index (Phi) is 11.2. The van der Waals surface area contributed by atoms with E-state index >= 15 is 0 Å². The Hall–Kier alpha value is -1.54. The van der Waals surface area contributed by atoms with E-state index in [1.165, 1.54) is 0 Å². The number of hydrogen-bond donors (Lipinski definition) is 4. The number of carbonyl (C=O) groups is 2. The van der Waals surface area contributed by atoms with Crippen LogP contribution in [0.5, 0.6) is 0 Å². The lowest BCUT2D eigenvalue weighted by atomic mass is 10.1. The van der Waals surface area contributed by atoms with E-state index in [1.54, 1.807) is 25.3 Å². The maximum absolute atomic E-state index is 12.2. The standard InChI is InChI=1S/C17H27ClN4O3.ClH/c1-17(2,3)22-16(24)21-12-5-6-14(18)13(11-12)15(23)20-8-7-19-9-10-25-4;/h5-6,11,19H,7-10H2,1-4H3,(H,20,23)(H2,21,22,24);1H. The van der Waals surface area contributed by atoms with Crippen molar-refractivity contribution in [3.05, 3.63) is 28.8 Å². The monoisotopic (exact) mass is 406 g/mol. The van der Waals surface area contributed by atoms with Crippen LogP contribution in [0.3, 0.4) is 0 Å². The Labute approximate surface area is 166 Å². The fourth-order valence-corrected chi connectivity index (χ4v) is 2.14. The third-order valence-electron chi connectivity index (χ3n) is 3.03. The van der Waals surface area contributed by atoms with Gasteiger partial charge in [-0.15, -0.1) is 12.4 Å². The third-order valence-corrected chi connectivity index (χ3v) is 3.36. The lowest BCUT2D eigenvalue weighted by Crippen LogP contribution is -2.43. The molecular formula is C17H28Cl2N4O3. The van der Waals surface area contributed by atoms with Crippen molar-refractivity contribution in [1.29, 1.82) is 0 Å². The molecule has 0 aromatic heterocycles. The number of anilines is 1. The van der Waals surface area contributed by atoms with Crippen molar-refractivity contribution in [1.82, 2.24) is 16.0 Å². The molecule has 1 rings (SSSR count). The maximum atomic E-state index is 12.2. The summed E-state index contributed by atoms with van der Waals surface area (Å²) >= 11 is 6.09. The number of carbonyl (C=O) groups excluding carboxylic acids is 2. The molecule has 0 atom stereocenters. The molecule has 0 saturated carbocycles. The van der Waals surface area contributed by atoms with Crippen molar-refractivity contribution in [2.45, 2.75) is 26.3 Å². The summed E-state index contributed by atoms with van der Waals surface area (Å²) < 4.78 is 4.92. The molecule has 0 aliphatic carbocycles. The van der Waals surface area contributed by atoms with E-state index in [1.807, 2.05) is 20.8 Å². The van der Waals surface area contributed by atoms with Crippen molar-refractivity contribution in [2.24, 2.45) is 0 Å². The molecule has 0 fully saturated rings. The molecule has 1 aromatic carbocycles. The molecule has 0 aliphatic rings. The van der Waals surface area contributed by atoms with E-state index in [2.05, 4.69) is 21.3 Å². The van der Waals surface area contributed by atoms with Gasteiger partial charge in [0.15, 0.2) is 0 Å². The molecule has 1 aromatic rings. The van der Waals surface area contributed by atoms with Gasteiger partial charge in [-0.25, -0.2) is 4.79 Å². The van der Waals surface area contributed by atoms with Crippen LogP contribution in [0.4, 0.5) is 10.5 Å². The average Bonchev–Trinajstić information content (AvgIpc) is 2.50. The molecule has 0 saturated heterocycles. The van der Waals surface area contributed by atoms with E-state index in [4.69, 9.17) is 16.3 Å². The van der Waals surface area contributed by atoms with Gasteiger partial charge in [0.1, 0.15) is 0 Å². The first kappa shape index (κ1) is 24.5. The first-order valence-electron chi connectivity index (χ1n) is 8.09. The summed E-state index contributed by atoms with van der Waals surface area (Å²) in [4.78, 5) is 24.2. The molecule has 148 valence electrons. The number of benzene rings is 1. The number of halogens is 2. The van der Waals surface area contributed by atoms with E-state index in [0.29, 0.717) is 36.0 Å². The second-order valence-electron chi connectivity index (χ2n) is 6.52. The van der Waals surface area contributed by atoms with Crippen LogP contribution in [-0.2, 0) is 4.74 Å². The van der Waals surface area contributed by atoms with Crippen LogP contribution < -0.4 is 21.3 Å². The number of amides is 3. The van der Waals surface area contributed by atoms with Crippen molar-refractivity contribution in [3.63, 3.8) is 0 Å². The SMILES string of the molecule is COCCNCCNC(=O)c1cc(NC(=O)NC(C)(C)C)ccc1Cl.Cl. The second-order valence-corrected chi connectivity index (χ2v) is 6.93. The predicted molar refractivity (Wildman–Crippen MR) is 108 cm³/mol. The van der Waals surface area contributed by atoms with Gasteiger partial charge in [0.05, 0.1) is 17.2 Å². The molecule has 4 N–H and O–H groups in total. The highest BCUT2D eigenvalue weighted by molar-refractivity contribution is 6.34. The van der Waals surface area contributed by atoms with Crippen LogP contribution in [0.15, 0.2) is 18.2 Å². The quantitative estimate of drug-likeness (QED) is 0.499. The first-order valence-corrected chi connectivity index (χ1v) is 8.47. The molecule has 0 spiro atoms. The molecule has 0 heterocycles. The minimum Gasteiger partial charge on any atom is -0.383 e. The van der Waals surface area contributed by atoms with Gasteiger partial charge in [-0.3, -0.25) is 4.79 Å². The molecule has 0 radical (unpaired) electrons. The van der Waals surface area contributed by atoms with Gasteiger partial charge in [0.2, 0.25) is 0 Å². The average molecular weight is 407 g/mol. The Morgan fingerprint density at radius 1 is 1.15 bits per heavy atom. The zero-order valence-electron chi connectivity index (χ0n) is 15.6. The highest BCUT2D eigenvalue weighted by Gasteiger charge is 2.15. The van der Waals surface area contributed by atoms with E-state index < -0.39 is 0 Å². The second kappa shape index (κ2) is 12.0. The largest absolute Gasteiger partial charge is 0.383 e. The highest BCUT2D eigenvalue weighted by atomic mass is 35.5. The highest BCUT2D eigenvalue weighted by Crippen LogP contribution is 2.20. The Morgan fingerprint density at radius 3 is 2.46 bits per heavy atom. The smallest absolute Gasteiger partial charge is 0.319 e. The van der Waals surface area contributed by atoms with E-state index in [0.717, 1.165) is 6.54 Å². The number of methoxy groups -OCH3 is 1. The molecule has 3 amide bonds. The molecular weight excluding hydrogens is 379 g/mol. The van der Waals surface area contributed by atoms with Crippen molar-refractivity contribution in [2.75, 3.05) is 38.7 Å². The Morgan fingerprint density at radius 2 is 1.85 bits per heavy atom. The summed E-state index contributed by atoms with van der Waals surface area (Å²) in [5, 5.41) is 11.7. The van der Waals surface area contributed by atoms with E-state index in [-0.39, 0.29) is 29.9 Å². The third kappa shape index (κ3) is 9.82. The summed E-state index contributed by atoms with van der Waals surface area (Å²) in [6.07, 6.45) is 0. The van der Waals surface area contributed by atoms with Crippen LogP contribution in [0.25, 0.3) is 0 Å². The maximum Gasteiger partial charge on any atom is 0.319 e. The van der Waals surface area contributed by atoms with Gasteiger partial charge >= 0.3 is 6.03 Å². The Bertz CT molecular complexity index is 592. The minimum atomic E-state index is -0.355. The van der Waals surface area contributed by atoms with Crippen molar-refractivity contribution >= 4 is 41.6 Å². The lowest BCUT2D eigenvalue weighted by molar-refractivity contribution is 0.0954. The van der Waals surface area contributed by atoms with Crippen LogP contribution >= 0.6 is 24.0 Å². The number of ether oxygens (including phenoxy) is 1. The zero-order chi connectivity index (χ0) is 18.9. The summed E-state index contributed by atoms with van der Waals surface area (Å²) in [6.45, 7) is 8.06. The van der Waals surface area contributed by atoms with Crippen LogP contribution in [0.2, 0.25) is 5.02 Å². The summed E-state index contributed by atoms with van der Waals surface area (Å²) in [5.41, 5.74) is 0.452. The van der Waals surface area contributed by atoms with Crippen molar-refractivity contribution < 1.29 is 14.3 Å². The van der Waals surface area contributed by atoms with Crippen molar-refractivity contribution in [3.8, 4) is 0 Å². The molecule has 9 heteroatoms. The molecule has 7 nitrogen and oxygen atoms in total. The normalized spacial score (nSPS) is 10.7. The van der Waals surface area contributed by atoms with Gasteiger partial charge in [-0.05, 0) is 39.0 Å². The number of urea groups is 1. The summed E-state index contributed by atoms with van der Waals surface area (Å²) in [7, 11) is 1.63. The van der Waals surface area contributed by atoms with Gasteiger partial charge in [0.25, 0.3) is 5.91 Å². The fourth-order valence-electron chi connectivity index (χ4n) is 1.94. The zero-order valence-corrected chi connectivity index (χ0v) is 17.1. The molecule has 0 unspecified atom stereocenters. The molecule has 26 heavy (non-hydrogen) atoms.